The molecule has 0 saturated carbocycles. The normalized spacial score (nSPS) is 14.8. The molecule has 172 valence electrons. The molecule has 1 aromatic carbocycles. The molecule has 3 nitrogen and oxygen atoms in total. The summed E-state index contributed by atoms with van der Waals surface area (Å²) >= 11 is 0. The van der Waals surface area contributed by atoms with Gasteiger partial charge in [-0.1, -0.05) is 102 Å². The summed E-state index contributed by atoms with van der Waals surface area (Å²) in [5.74, 6) is 2.44. The van der Waals surface area contributed by atoms with Gasteiger partial charge in [-0.25, -0.2) is 0 Å². The first-order valence-electron chi connectivity index (χ1n) is 11.8. The van der Waals surface area contributed by atoms with Crippen molar-refractivity contribution >= 4 is 10.1 Å². The smallest absolute Gasteiger partial charge is 0.262 e. The third-order valence-corrected chi connectivity index (χ3v) is 7.12. The van der Waals surface area contributed by atoms with Crippen LogP contribution in [0.1, 0.15) is 92.4 Å². The standard InChI is InChI=1S/C26H44O3S/c1-22(2)12-9-13-23(3)14-10-15-24(4)16-11-17-25(5)20-21-29-30(27,28)26-18-7-6-8-19-26/h6-8,18-20,22-24H,9-17,21H2,1-5H3/b25-20+/t23-,24-/m1/s1. The lowest BCUT2D eigenvalue weighted by Crippen LogP contribution is -2.06. The second-order valence-electron chi connectivity index (χ2n) is 9.46. The van der Waals surface area contributed by atoms with E-state index in [1.807, 2.05) is 6.08 Å². The van der Waals surface area contributed by atoms with Crippen LogP contribution >= 0.6 is 0 Å². The summed E-state index contributed by atoms with van der Waals surface area (Å²) in [4.78, 5) is 0.208. The number of hydrogen-bond acceptors (Lipinski definition) is 3. The Labute approximate surface area is 186 Å². The average molecular weight is 437 g/mol. The van der Waals surface area contributed by atoms with E-state index in [1.165, 1.54) is 50.5 Å². The van der Waals surface area contributed by atoms with E-state index >= 15 is 0 Å². The number of rotatable bonds is 16. The molecule has 0 aliphatic carbocycles. The van der Waals surface area contributed by atoms with E-state index in [1.54, 1.807) is 30.3 Å². The van der Waals surface area contributed by atoms with Crippen LogP contribution in [0.15, 0.2) is 46.9 Å². The zero-order valence-electron chi connectivity index (χ0n) is 19.9. The van der Waals surface area contributed by atoms with Gasteiger partial charge >= 0.3 is 0 Å². The van der Waals surface area contributed by atoms with E-state index in [-0.39, 0.29) is 11.5 Å². The summed E-state index contributed by atoms with van der Waals surface area (Å²) in [6, 6.07) is 8.30. The maximum Gasteiger partial charge on any atom is 0.297 e. The molecule has 2 atom stereocenters. The fraction of sp³-hybridized carbons (Fsp3) is 0.692. The van der Waals surface area contributed by atoms with Crippen LogP contribution in [0.5, 0.6) is 0 Å². The van der Waals surface area contributed by atoms with E-state index in [4.69, 9.17) is 4.18 Å². The molecular weight excluding hydrogens is 392 g/mol. The zero-order chi connectivity index (χ0) is 22.4. The van der Waals surface area contributed by atoms with E-state index in [0.29, 0.717) is 0 Å². The lowest BCUT2D eigenvalue weighted by atomic mass is 9.91. The van der Waals surface area contributed by atoms with Crippen LogP contribution < -0.4 is 0 Å². The molecule has 1 aromatic rings. The summed E-state index contributed by atoms with van der Waals surface area (Å²) in [6.07, 6.45) is 13.4. The summed E-state index contributed by atoms with van der Waals surface area (Å²) in [6.45, 7) is 11.5. The molecule has 0 bridgehead atoms. The minimum Gasteiger partial charge on any atom is -0.262 e. The van der Waals surface area contributed by atoms with Gasteiger partial charge in [-0.2, -0.15) is 8.42 Å². The van der Waals surface area contributed by atoms with Crippen molar-refractivity contribution in [3.8, 4) is 0 Å². The van der Waals surface area contributed by atoms with Crippen molar-refractivity contribution in [3.63, 3.8) is 0 Å². The predicted octanol–water partition coefficient (Wildman–Crippen LogP) is 7.78. The van der Waals surface area contributed by atoms with Gasteiger partial charge in [0.2, 0.25) is 0 Å². The molecule has 0 aliphatic rings. The SMILES string of the molecule is C/C(=C\COS(=O)(=O)c1ccccc1)CCC[C@H](C)CCC[C@H](C)CCCC(C)C. The van der Waals surface area contributed by atoms with E-state index < -0.39 is 10.1 Å². The molecule has 0 amide bonds. The lowest BCUT2D eigenvalue weighted by molar-refractivity contribution is 0.356. The fourth-order valence-electron chi connectivity index (χ4n) is 3.73. The molecule has 0 aliphatic heterocycles. The quantitative estimate of drug-likeness (QED) is 0.196. The zero-order valence-corrected chi connectivity index (χ0v) is 20.7. The highest BCUT2D eigenvalue weighted by Gasteiger charge is 2.13. The van der Waals surface area contributed by atoms with Crippen LogP contribution in [0.4, 0.5) is 0 Å². The maximum absolute atomic E-state index is 12.1. The van der Waals surface area contributed by atoms with Crippen molar-refractivity contribution in [1.82, 2.24) is 0 Å². The predicted molar refractivity (Wildman–Crippen MR) is 128 cm³/mol. The number of benzene rings is 1. The molecule has 0 N–H and O–H groups in total. The van der Waals surface area contributed by atoms with Crippen molar-refractivity contribution in [2.24, 2.45) is 17.8 Å². The topological polar surface area (TPSA) is 43.4 Å². The largest absolute Gasteiger partial charge is 0.297 e. The first-order chi connectivity index (χ1) is 14.2. The highest BCUT2D eigenvalue weighted by atomic mass is 32.2. The third kappa shape index (κ3) is 12.5. The van der Waals surface area contributed by atoms with Crippen molar-refractivity contribution < 1.29 is 12.6 Å². The van der Waals surface area contributed by atoms with Crippen LogP contribution in [0, 0.1) is 17.8 Å². The maximum atomic E-state index is 12.1. The van der Waals surface area contributed by atoms with Crippen molar-refractivity contribution in [3.05, 3.63) is 42.0 Å². The van der Waals surface area contributed by atoms with Gasteiger partial charge in [-0.15, -0.1) is 0 Å². The van der Waals surface area contributed by atoms with E-state index in [2.05, 4.69) is 34.6 Å². The van der Waals surface area contributed by atoms with Gasteiger partial charge in [0, 0.05) is 0 Å². The first kappa shape index (κ1) is 26.9. The van der Waals surface area contributed by atoms with Crippen LogP contribution in [-0.4, -0.2) is 15.0 Å². The van der Waals surface area contributed by atoms with Gasteiger partial charge in [-0.05, 0) is 49.7 Å². The van der Waals surface area contributed by atoms with Crippen molar-refractivity contribution in [2.45, 2.75) is 97.3 Å². The van der Waals surface area contributed by atoms with Gasteiger partial charge in [0.15, 0.2) is 0 Å². The highest BCUT2D eigenvalue weighted by Crippen LogP contribution is 2.22. The second kappa shape index (κ2) is 14.8. The Balaban J connectivity index is 2.15. The van der Waals surface area contributed by atoms with Gasteiger partial charge in [-0.3, -0.25) is 4.18 Å². The Bertz CT molecular complexity index is 692. The molecule has 0 saturated heterocycles. The molecule has 0 fully saturated rings. The number of allylic oxidation sites excluding steroid dienone is 1. The second-order valence-corrected chi connectivity index (χ2v) is 11.1. The Morgan fingerprint density at radius 3 is 1.97 bits per heavy atom. The van der Waals surface area contributed by atoms with Gasteiger partial charge in [0.25, 0.3) is 10.1 Å². The third-order valence-electron chi connectivity index (χ3n) is 5.83. The van der Waals surface area contributed by atoms with Gasteiger partial charge in [0.05, 0.1) is 11.5 Å². The monoisotopic (exact) mass is 436 g/mol. The highest BCUT2D eigenvalue weighted by molar-refractivity contribution is 7.86. The Morgan fingerprint density at radius 2 is 1.40 bits per heavy atom. The molecule has 4 heteroatoms. The molecule has 0 heterocycles. The van der Waals surface area contributed by atoms with Crippen LogP contribution in [0.3, 0.4) is 0 Å². The molecule has 0 aromatic heterocycles. The molecule has 1 rings (SSSR count). The molecule has 0 unspecified atom stereocenters. The Kier molecular flexibility index (Phi) is 13.3. The minimum absolute atomic E-state index is 0.104. The summed E-state index contributed by atoms with van der Waals surface area (Å²) in [5, 5.41) is 0. The van der Waals surface area contributed by atoms with Gasteiger partial charge in [0.1, 0.15) is 0 Å². The van der Waals surface area contributed by atoms with Gasteiger partial charge < -0.3 is 0 Å². The molecule has 0 spiro atoms. The summed E-state index contributed by atoms with van der Waals surface area (Å²) in [5.41, 5.74) is 1.20. The minimum atomic E-state index is -3.66. The van der Waals surface area contributed by atoms with Crippen LogP contribution in [-0.2, 0) is 14.3 Å². The molecular formula is C26H44O3S. The van der Waals surface area contributed by atoms with Crippen molar-refractivity contribution in [2.75, 3.05) is 6.61 Å². The summed E-state index contributed by atoms with van der Waals surface area (Å²) < 4.78 is 29.3. The molecule has 0 radical (unpaired) electrons. The summed E-state index contributed by atoms with van der Waals surface area (Å²) in [7, 11) is -3.66. The van der Waals surface area contributed by atoms with E-state index in [9.17, 15) is 8.42 Å². The van der Waals surface area contributed by atoms with Crippen LogP contribution in [0.25, 0.3) is 0 Å². The van der Waals surface area contributed by atoms with Crippen LogP contribution in [0.2, 0.25) is 0 Å². The number of hydrogen-bond donors (Lipinski definition) is 0. The van der Waals surface area contributed by atoms with E-state index in [0.717, 1.165) is 30.6 Å². The molecule has 30 heavy (non-hydrogen) atoms. The fourth-order valence-corrected chi connectivity index (χ4v) is 4.60. The Morgan fingerprint density at radius 1 is 0.867 bits per heavy atom. The Hall–Kier alpha value is -1.13. The average Bonchev–Trinajstić information content (AvgIpc) is 2.68. The lowest BCUT2D eigenvalue weighted by Gasteiger charge is -2.15. The van der Waals surface area contributed by atoms with Crippen molar-refractivity contribution in [1.29, 1.82) is 0 Å². The first-order valence-corrected chi connectivity index (χ1v) is 13.2.